The normalized spacial score (nSPS) is 18.9. The topological polar surface area (TPSA) is 78.3 Å². The maximum atomic E-state index is 6.14. The number of anilines is 1. The van der Waals surface area contributed by atoms with Crippen molar-refractivity contribution < 1.29 is 4.74 Å². The molecule has 2 N–H and O–H groups in total. The van der Waals surface area contributed by atoms with E-state index in [0.717, 1.165) is 45.8 Å². The Hall–Kier alpha value is -1.51. The van der Waals surface area contributed by atoms with E-state index in [4.69, 9.17) is 10.5 Å². The second-order valence-electron chi connectivity index (χ2n) is 5.18. The molecule has 1 aliphatic heterocycles. The summed E-state index contributed by atoms with van der Waals surface area (Å²) in [5.74, 6) is 0.799. The molecule has 21 heavy (non-hydrogen) atoms. The largest absolute Gasteiger partial charge is 0.390 e. The van der Waals surface area contributed by atoms with E-state index in [-0.39, 0.29) is 6.10 Å². The Morgan fingerprint density at radius 1 is 1.29 bits per heavy atom. The van der Waals surface area contributed by atoms with Gasteiger partial charge in [-0.25, -0.2) is 0 Å². The summed E-state index contributed by atoms with van der Waals surface area (Å²) in [5.41, 5.74) is 8.37. The van der Waals surface area contributed by atoms with E-state index >= 15 is 0 Å². The molecule has 3 aromatic rings. The van der Waals surface area contributed by atoms with E-state index in [0.29, 0.717) is 0 Å². The minimum atomic E-state index is 0.0117. The molecule has 0 aromatic carbocycles. The van der Waals surface area contributed by atoms with Crippen molar-refractivity contribution >= 4 is 32.6 Å². The number of hydrogen-bond acceptors (Lipinski definition) is 7. The average molecular weight is 321 g/mol. The van der Waals surface area contributed by atoms with Crippen LogP contribution in [0, 0.1) is 13.8 Å². The highest BCUT2D eigenvalue weighted by atomic mass is 32.1. The van der Waals surface area contributed by atoms with Gasteiger partial charge in [0.15, 0.2) is 10.8 Å². The summed E-state index contributed by atoms with van der Waals surface area (Å²) < 4.78 is 7.50. The van der Waals surface area contributed by atoms with Gasteiger partial charge in [0.25, 0.3) is 0 Å². The fourth-order valence-electron chi connectivity index (χ4n) is 2.63. The van der Waals surface area contributed by atoms with Gasteiger partial charge in [0, 0.05) is 17.0 Å². The summed E-state index contributed by atoms with van der Waals surface area (Å²) in [6.07, 6.45) is 2.05. The Morgan fingerprint density at radius 2 is 2.14 bits per heavy atom. The smallest absolute Gasteiger partial charge is 0.235 e. The molecule has 6 nitrogen and oxygen atoms in total. The molecular formula is C13H15N5OS2. The highest BCUT2D eigenvalue weighted by molar-refractivity contribution is 7.21. The molecule has 3 aromatic heterocycles. The standard InChI is InChI=1S/C13H15N5OS2/c1-6-7(2)20-10(14)9(6)12-17-18-11(8-4-3-5-19-8)15-16-13(18)21-12/h8H,3-5,14H2,1-2H3. The molecule has 0 aliphatic carbocycles. The number of rotatable bonds is 2. The predicted octanol–water partition coefficient (Wildman–Crippen LogP) is 2.96. The highest BCUT2D eigenvalue weighted by Gasteiger charge is 2.26. The van der Waals surface area contributed by atoms with Gasteiger partial charge in [-0.3, -0.25) is 0 Å². The third-order valence-corrected chi connectivity index (χ3v) is 5.81. The Labute approximate surface area is 129 Å². The van der Waals surface area contributed by atoms with Crippen LogP contribution in [-0.4, -0.2) is 26.4 Å². The lowest BCUT2D eigenvalue weighted by Gasteiger charge is -2.04. The van der Waals surface area contributed by atoms with Crippen molar-refractivity contribution in [2.24, 2.45) is 0 Å². The van der Waals surface area contributed by atoms with Crippen molar-refractivity contribution in [1.82, 2.24) is 19.8 Å². The van der Waals surface area contributed by atoms with Gasteiger partial charge in [-0.2, -0.15) is 9.61 Å². The molecule has 1 fully saturated rings. The molecule has 0 saturated carbocycles. The van der Waals surface area contributed by atoms with E-state index in [1.54, 1.807) is 11.3 Å². The molecule has 1 saturated heterocycles. The van der Waals surface area contributed by atoms with Crippen LogP contribution in [0.2, 0.25) is 0 Å². The van der Waals surface area contributed by atoms with Crippen molar-refractivity contribution in [3.63, 3.8) is 0 Å². The number of aryl methyl sites for hydroxylation is 1. The van der Waals surface area contributed by atoms with Crippen LogP contribution in [0.15, 0.2) is 0 Å². The maximum Gasteiger partial charge on any atom is 0.235 e. The highest BCUT2D eigenvalue weighted by Crippen LogP contribution is 2.40. The van der Waals surface area contributed by atoms with Crippen LogP contribution in [0.5, 0.6) is 0 Å². The van der Waals surface area contributed by atoms with Crippen LogP contribution >= 0.6 is 22.7 Å². The van der Waals surface area contributed by atoms with Crippen molar-refractivity contribution in [3.05, 3.63) is 16.3 Å². The Balaban J connectivity index is 1.84. The van der Waals surface area contributed by atoms with Gasteiger partial charge in [0.2, 0.25) is 4.96 Å². The third kappa shape index (κ3) is 1.97. The minimum Gasteiger partial charge on any atom is -0.390 e. The number of nitrogens with two attached hydrogens (primary N) is 1. The molecule has 8 heteroatoms. The number of thiophene rings is 1. The molecular weight excluding hydrogens is 306 g/mol. The number of ether oxygens (including phenoxy) is 1. The van der Waals surface area contributed by atoms with Gasteiger partial charge in [-0.15, -0.1) is 21.5 Å². The van der Waals surface area contributed by atoms with E-state index in [2.05, 4.69) is 29.1 Å². The van der Waals surface area contributed by atoms with Crippen LogP contribution in [0.3, 0.4) is 0 Å². The van der Waals surface area contributed by atoms with E-state index in [9.17, 15) is 0 Å². The van der Waals surface area contributed by atoms with E-state index in [1.807, 2.05) is 4.52 Å². The van der Waals surface area contributed by atoms with E-state index in [1.165, 1.54) is 21.8 Å². The van der Waals surface area contributed by atoms with Crippen LogP contribution in [0.1, 0.15) is 35.2 Å². The molecule has 1 atom stereocenters. The van der Waals surface area contributed by atoms with Gasteiger partial charge >= 0.3 is 0 Å². The summed E-state index contributed by atoms with van der Waals surface area (Å²) in [6.45, 7) is 4.95. The van der Waals surface area contributed by atoms with E-state index < -0.39 is 0 Å². The first-order valence-corrected chi connectivity index (χ1v) is 8.48. The number of nitrogens with zero attached hydrogens (tertiary/aromatic N) is 4. The Morgan fingerprint density at radius 3 is 2.81 bits per heavy atom. The van der Waals surface area contributed by atoms with Crippen LogP contribution < -0.4 is 5.73 Å². The number of fused-ring (bicyclic) bond motifs is 1. The number of aromatic nitrogens is 4. The molecule has 0 amide bonds. The second-order valence-corrected chi connectivity index (χ2v) is 7.40. The van der Waals surface area contributed by atoms with Gasteiger partial charge in [-0.1, -0.05) is 11.3 Å². The summed E-state index contributed by atoms with van der Waals surface area (Å²) in [7, 11) is 0. The first kappa shape index (κ1) is 13.2. The van der Waals surface area contributed by atoms with Crippen molar-refractivity contribution in [1.29, 1.82) is 0 Å². The molecule has 110 valence electrons. The lowest BCUT2D eigenvalue weighted by Crippen LogP contribution is -2.03. The Kier molecular flexibility index (Phi) is 2.98. The first-order chi connectivity index (χ1) is 10.1. The predicted molar refractivity (Wildman–Crippen MR) is 83.8 cm³/mol. The number of nitrogen functional groups attached to an aromatic ring is 1. The third-order valence-electron chi connectivity index (χ3n) is 3.86. The zero-order chi connectivity index (χ0) is 14.6. The average Bonchev–Trinajstić information content (AvgIpc) is 3.15. The Bertz CT molecular complexity index is 812. The molecule has 0 bridgehead atoms. The zero-order valence-electron chi connectivity index (χ0n) is 11.8. The molecule has 0 radical (unpaired) electrons. The van der Waals surface area contributed by atoms with Crippen molar-refractivity contribution in [3.8, 4) is 10.6 Å². The summed E-state index contributed by atoms with van der Waals surface area (Å²) >= 11 is 3.13. The fourth-order valence-corrected chi connectivity index (χ4v) is 4.60. The van der Waals surface area contributed by atoms with Gasteiger partial charge < -0.3 is 10.5 Å². The minimum absolute atomic E-state index is 0.0117. The van der Waals surface area contributed by atoms with Gasteiger partial charge in [0.05, 0.1) is 5.00 Å². The fraction of sp³-hybridized carbons (Fsp3) is 0.462. The van der Waals surface area contributed by atoms with Crippen LogP contribution in [0.4, 0.5) is 5.00 Å². The quantitative estimate of drug-likeness (QED) is 0.785. The molecule has 4 rings (SSSR count). The second kappa shape index (κ2) is 4.75. The van der Waals surface area contributed by atoms with Crippen molar-refractivity contribution in [2.75, 3.05) is 12.3 Å². The summed E-state index contributed by atoms with van der Waals surface area (Å²) in [6, 6.07) is 0. The van der Waals surface area contributed by atoms with Crippen molar-refractivity contribution in [2.45, 2.75) is 32.8 Å². The molecule has 1 unspecified atom stereocenters. The summed E-state index contributed by atoms with van der Waals surface area (Å²) in [4.78, 5) is 2.02. The number of hydrogen-bond donors (Lipinski definition) is 1. The van der Waals surface area contributed by atoms with Gasteiger partial charge in [-0.05, 0) is 32.3 Å². The van der Waals surface area contributed by atoms with Crippen LogP contribution in [-0.2, 0) is 4.74 Å². The van der Waals surface area contributed by atoms with Crippen LogP contribution in [0.25, 0.3) is 15.5 Å². The molecule has 0 spiro atoms. The van der Waals surface area contributed by atoms with Gasteiger partial charge in [0.1, 0.15) is 6.10 Å². The molecule has 1 aliphatic rings. The summed E-state index contributed by atoms with van der Waals surface area (Å²) in [5, 5.41) is 14.9. The maximum absolute atomic E-state index is 6.14. The monoisotopic (exact) mass is 321 g/mol. The lowest BCUT2D eigenvalue weighted by molar-refractivity contribution is 0.103. The first-order valence-electron chi connectivity index (χ1n) is 6.84. The molecule has 4 heterocycles. The zero-order valence-corrected chi connectivity index (χ0v) is 13.4. The SMILES string of the molecule is Cc1sc(N)c(-c2nn3c(C4CCCO4)nnc3s2)c1C. The lowest BCUT2D eigenvalue weighted by atomic mass is 10.2.